The molecule has 0 radical (unpaired) electrons. The van der Waals surface area contributed by atoms with Gasteiger partial charge in [0.15, 0.2) is 11.5 Å². The minimum absolute atomic E-state index is 0.203. The number of nitrogens with zero attached hydrogens (tertiary/aromatic N) is 1. The summed E-state index contributed by atoms with van der Waals surface area (Å²) in [6.45, 7) is 5.07. The maximum absolute atomic E-state index is 6.01. The lowest BCUT2D eigenvalue weighted by Crippen LogP contribution is -2.31. The molecule has 0 saturated heterocycles. The Kier molecular flexibility index (Phi) is 6.33. The van der Waals surface area contributed by atoms with Gasteiger partial charge in [-0.2, -0.15) is 0 Å². The fraction of sp³-hybridized carbons (Fsp3) is 0.625. The van der Waals surface area contributed by atoms with Crippen molar-refractivity contribution < 1.29 is 9.47 Å². The smallest absolute Gasteiger partial charge is 0.175 e. The van der Waals surface area contributed by atoms with Crippen LogP contribution < -0.4 is 15.2 Å². The van der Waals surface area contributed by atoms with Crippen LogP contribution in [0, 0.1) is 0 Å². The zero-order valence-corrected chi connectivity index (χ0v) is 14.5. The van der Waals surface area contributed by atoms with E-state index in [0.717, 1.165) is 22.5 Å². The van der Waals surface area contributed by atoms with E-state index in [9.17, 15) is 0 Å². The minimum Gasteiger partial charge on any atom is -0.486 e. The molecule has 2 N–H and O–H groups in total. The van der Waals surface area contributed by atoms with Crippen molar-refractivity contribution in [3.63, 3.8) is 0 Å². The Bertz CT molecular complexity index is 468. The van der Waals surface area contributed by atoms with Crippen LogP contribution in [-0.4, -0.2) is 38.3 Å². The third-order valence-electron chi connectivity index (χ3n) is 3.87. The number of hydrogen-bond acceptors (Lipinski definition) is 4. The van der Waals surface area contributed by atoms with Crippen molar-refractivity contribution in [2.75, 3.05) is 33.4 Å². The fourth-order valence-corrected chi connectivity index (χ4v) is 3.23. The predicted octanol–water partition coefficient (Wildman–Crippen LogP) is 3.34. The van der Waals surface area contributed by atoms with Gasteiger partial charge in [-0.1, -0.05) is 19.8 Å². The van der Waals surface area contributed by atoms with Crippen LogP contribution in [0.25, 0.3) is 0 Å². The number of unbranched alkanes of at least 4 members (excludes halogenated alkanes) is 2. The Morgan fingerprint density at radius 3 is 2.76 bits per heavy atom. The summed E-state index contributed by atoms with van der Waals surface area (Å²) in [5, 5.41) is 0. The molecule has 1 aromatic carbocycles. The second kappa shape index (κ2) is 8.01. The lowest BCUT2D eigenvalue weighted by Gasteiger charge is -2.29. The first-order valence-electron chi connectivity index (χ1n) is 7.66. The van der Waals surface area contributed by atoms with Gasteiger partial charge in [0.2, 0.25) is 0 Å². The number of likely N-dealkylation sites (N-methyl/N-ethyl adjacent to an activating group) is 1. The lowest BCUT2D eigenvalue weighted by atomic mass is 10.0. The van der Waals surface area contributed by atoms with Gasteiger partial charge in [-0.3, -0.25) is 4.90 Å². The van der Waals surface area contributed by atoms with Crippen molar-refractivity contribution in [2.24, 2.45) is 5.73 Å². The molecule has 1 aromatic rings. The van der Waals surface area contributed by atoms with E-state index in [-0.39, 0.29) is 6.04 Å². The third-order valence-corrected chi connectivity index (χ3v) is 4.46. The van der Waals surface area contributed by atoms with Gasteiger partial charge in [-0.05, 0) is 53.6 Å². The Morgan fingerprint density at radius 1 is 1.29 bits per heavy atom. The van der Waals surface area contributed by atoms with Gasteiger partial charge in [0.05, 0.1) is 4.47 Å². The van der Waals surface area contributed by atoms with E-state index >= 15 is 0 Å². The molecule has 0 fully saturated rings. The van der Waals surface area contributed by atoms with Crippen LogP contribution in [0.4, 0.5) is 0 Å². The fourth-order valence-electron chi connectivity index (χ4n) is 2.66. The van der Waals surface area contributed by atoms with E-state index in [0.29, 0.717) is 19.8 Å². The first kappa shape index (κ1) is 16.6. The van der Waals surface area contributed by atoms with Crippen LogP contribution >= 0.6 is 15.9 Å². The van der Waals surface area contributed by atoms with Crippen LogP contribution in [0.3, 0.4) is 0 Å². The van der Waals surface area contributed by atoms with Crippen LogP contribution in [0.1, 0.15) is 37.8 Å². The summed E-state index contributed by atoms with van der Waals surface area (Å²) >= 11 is 3.58. The van der Waals surface area contributed by atoms with Crippen molar-refractivity contribution in [3.05, 3.63) is 22.2 Å². The number of nitrogens with two attached hydrogens (primary N) is 1. The molecule has 5 heteroatoms. The van der Waals surface area contributed by atoms with Crippen molar-refractivity contribution in [1.82, 2.24) is 4.90 Å². The van der Waals surface area contributed by atoms with Crippen molar-refractivity contribution in [2.45, 2.75) is 32.2 Å². The van der Waals surface area contributed by atoms with Gasteiger partial charge in [0.1, 0.15) is 13.2 Å². The predicted molar refractivity (Wildman–Crippen MR) is 89.1 cm³/mol. The molecular weight excluding hydrogens is 332 g/mol. The standard InChI is InChI=1S/C16H25BrN2O2/c1-3-4-5-6-19(2)14(11-18)12-9-13(17)16-15(10-12)20-7-8-21-16/h9-10,14H,3-8,11,18H2,1-2H3. The molecule has 0 bridgehead atoms. The molecule has 0 saturated carbocycles. The number of hydrogen-bond donors (Lipinski definition) is 1. The highest BCUT2D eigenvalue weighted by molar-refractivity contribution is 9.10. The van der Waals surface area contributed by atoms with E-state index in [1.165, 1.54) is 24.8 Å². The highest BCUT2D eigenvalue weighted by atomic mass is 79.9. The highest BCUT2D eigenvalue weighted by Gasteiger charge is 2.21. The normalized spacial score (nSPS) is 15.3. The molecule has 0 aliphatic carbocycles. The summed E-state index contributed by atoms with van der Waals surface area (Å²) in [6.07, 6.45) is 3.69. The van der Waals surface area contributed by atoms with Gasteiger partial charge in [-0.15, -0.1) is 0 Å². The molecule has 118 valence electrons. The summed E-state index contributed by atoms with van der Waals surface area (Å²) in [4.78, 5) is 2.33. The van der Waals surface area contributed by atoms with Crippen LogP contribution in [0.2, 0.25) is 0 Å². The average Bonchev–Trinajstić information content (AvgIpc) is 2.48. The van der Waals surface area contributed by atoms with Gasteiger partial charge in [0.25, 0.3) is 0 Å². The van der Waals surface area contributed by atoms with Gasteiger partial charge in [0, 0.05) is 12.6 Å². The Morgan fingerprint density at radius 2 is 2.05 bits per heavy atom. The van der Waals surface area contributed by atoms with Crippen LogP contribution in [-0.2, 0) is 0 Å². The first-order chi connectivity index (χ1) is 10.2. The minimum atomic E-state index is 0.203. The summed E-state index contributed by atoms with van der Waals surface area (Å²) in [7, 11) is 2.14. The molecular formula is C16H25BrN2O2. The third kappa shape index (κ3) is 4.11. The van der Waals surface area contributed by atoms with E-state index in [2.05, 4.69) is 46.9 Å². The van der Waals surface area contributed by atoms with E-state index in [1.807, 2.05) is 0 Å². The molecule has 1 atom stereocenters. The summed E-state index contributed by atoms with van der Waals surface area (Å²) < 4.78 is 12.3. The lowest BCUT2D eigenvalue weighted by molar-refractivity contribution is 0.169. The summed E-state index contributed by atoms with van der Waals surface area (Å²) in [5.41, 5.74) is 7.18. The summed E-state index contributed by atoms with van der Waals surface area (Å²) in [6, 6.07) is 4.36. The van der Waals surface area contributed by atoms with Crippen molar-refractivity contribution in [3.8, 4) is 11.5 Å². The highest BCUT2D eigenvalue weighted by Crippen LogP contribution is 2.40. The maximum atomic E-state index is 6.01. The van der Waals surface area contributed by atoms with Crippen LogP contribution in [0.5, 0.6) is 11.5 Å². The molecule has 1 aliphatic heterocycles. The largest absolute Gasteiger partial charge is 0.486 e. The zero-order valence-electron chi connectivity index (χ0n) is 12.9. The molecule has 0 amide bonds. The molecule has 0 aromatic heterocycles. The van der Waals surface area contributed by atoms with Gasteiger partial charge < -0.3 is 15.2 Å². The monoisotopic (exact) mass is 356 g/mol. The Balaban J connectivity index is 2.16. The van der Waals surface area contributed by atoms with E-state index in [1.54, 1.807) is 0 Å². The van der Waals surface area contributed by atoms with E-state index < -0.39 is 0 Å². The Labute approximate surface area is 135 Å². The Hall–Kier alpha value is -0.780. The van der Waals surface area contributed by atoms with Crippen molar-refractivity contribution in [1.29, 1.82) is 0 Å². The summed E-state index contributed by atoms with van der Waals surface area (Å²) in [5.74, 6) is 1.61. The molecule has 1 unspecified atom stereocenters. The average molecular weight is 357 g/mol. The van der Waals surface area contributed by atoms with E-state index in [4.69, 9.17) is 15.2 Å². The molecule has 21 heavy (non-hydrogen) atoms. The molecule has 2 rings (SSSR count). The van der Waals surface area contributed by atoms with Gasteiger partial charge >= 0.3 is 0 Å². The molecule has 1 aliphatic rings. The number of ether oxygens (including phenoxy) is 2. The number of benzene rings is 1. The molecule has 4 nitrogen and oxygen atoms in total. The second-order valence-corrected chi connectivity index (χ2v) is 6.32. The van der Waals surface area contributed by atoms with Crippen LogP contribution in [0.15, 0.2) is 16.6 Å². The molecule has 1 heterocycles. The number of rotatable bonds is 7. The number of halogens is 1. The SMILES string of the molecule is CCCCCN(C)C(CN)c1cc(Br)c2c(c1)OCCO2. The number of fused-ring (bicyclic) bond motifs is 1. The quantitative estimate of drug-likeness (QED) is 0.761. The topological polar surface area (TPSA) is 47.7 Å². The second-order valence-electron chi connectivity index (χ2n) is 5.47. The van der Waals surface area contributed by atoms with Crippen molar-refractivity contribution >= 4 is 15.9 Å². The zero-order chi connectivity index (χ0) is 15.2. The molecule has 0 spiro atoms. The van der Waals surface area contributed by atoms with Gasteiger partial charge in [-0.25, -0.2) is 0 Å². The first-order valence-corrected chi connectivity index (χ1v) is 8.46. The maximum Gasteiger partial charge on any atom is 0.175 e.